The Bertz CT molecular complexity index is 714. The van der Waals surface area contributed by atoms with Crippen molar-refractivity contribution >= 4 is 17.4 Å². The second-order valence-corrected chi connectivity index (χ2v) is 6.37. The Morgan fingerprint density at radius 1 is 1.12 bits per heavy atom. The van der Waals surface area contributed by atoms with E-state index in [2.05, 4.69) is 15.5 Å². The number of nitrogens with zero attached hydrogens (tertiary/aromatic N) is 1. The third kappa shape index (κ3) is 4.59. The first-order valence-corrected chi connectivity index (χ1v) is 8.76. The smallest absolute Gasteiger partial charge is 0.319 e. The van der Waals surface area contributed by atoms with E-state index in [0.29, 0.717) is 12.5 Å². The van der Waals surface area contributed by atoms with Crippen LogP contribution in [0.1, 0.15) is 6.42 Å². The van der Waals surface area contributed by atoms with Crippen molar-refractivity contribution in [1.82, 2.24) is 5.32 Å². The summed E-state index contributed by atoms with van der Waals surface area (Å²) in [5, 5.41) is 5.81. The van der Waals surface area contributed by atoms with Crippen molar-refractivity contribution in [2.75, 3.05) is 44.1 Å². The monoisotopic (exact) mass is 355 g/mol. The molecule has 0 radical (unpaired) electrons. The summed E-state index contributed by atoms with van der Waals surface area (Å²) in [7, 11) is 3.31. The van der Waals surface area contributed by atoms with E-state index >= 15 is 0 Å². The molecule has 0 spiro atoms. The molecule has 138 valence electrons. The van der Waals surface area contributed by atoms with Crippen molar-refractivity contribution in [3.63, 3.8) is 0 Å². The van der Waals surface area contributed by atoms with Gasteiger partial charge in [-0.3, -0.25) is 0 Å². The summed E-state index contributed by atoms with van der Waals surface area (Å²) in [6.45, 7) is 2.49. The number of carbonyl (C=O) groups excluding carboxylic acids is 1. The predicted octanol–water partition coefficient (Wildman–Crippen LogP) is 3.35. The summed E-state index contributed by atoms with van der Waals surface area (Å²) in [4.78, 5) is 14.3. The van der Waals surface area contributed by atoms with E-state index < -0.39 is 0 Å². The van der Waals surface area contributed by atoms with Gasteiger partial charge in [-0.25, -0.2) is 4.79 Å². The van der Waals surface area contributed by atoms with Gasteiger partial charge in [-0.05, 0) is 24.5 Å². The van der Waals surface area contributed by atoms with Gasteiger partial charge in [0, 0.05) is 49.2 Å². The third-order valence-corrected chi connectivity index (χ3v) is 4.57. The molecule has 1 atom stereocenters. The predicted molar refractivity (Wildman–Crippen MR) is 103 cm³/mol. The molecule has 0 aliphatic carbocycles. The van der Waals surface area contributed by atoms with E-state index in [0.717, 1.165) is 42.4 Å². The molecule has 3 rings (SSSR count). The van der Waals surface area contributed by atoms with Crippen LogP contribution < -0.4 is 25.0 Å². The van der Waals surface area contributed by atoms with E-state index in [1.807, 2.05) is 48.5 Å². The van der Waals surface area contributed by atoms with Crippen molar-refractivity contribution < 1.29 is 14.3 Å². The van der Waals surface area contributed by atoms with Crippen LogP contribution >= 0.6 is 0 Å². The zero-order valence-corrected chi connectivity index (χ0v) is 15.2. The minimum absolute atomic E-state index is 0.169. The average molecular weight is 355 g/mol. The van der Waals surface area contributed by atoms with E-state index in [9.17, 15) is 4.79 Å². The molecule has 2 aromatic carbocycles. The molecule has 0 bridgehead atoms. The molecule has 6 nitrogen and oxygen atoms in total. The van der Waals surface area contributed by atoms with Crippen LogP contribution in [0.3, 0.4) is 0 Å². The van der Waals surface area contributed by atoms with Crippen LogP contribution in [0.5, 0.6) is 11.5 Å². The summed E-state index contributed by atoms with van der Waals surface area (Å²) in [6.07, 6.45) is 1.03. The van der Waals surface area contributed by atoms with Gasteiger partial charge in [-0.1, -0.05) is 18.2 Å². The maximum atomic E-state index is 12.0. The lowest BCUT2D eigenvalue weighted by molar-refractivity contribution is 0.250. The van der Waals surface area contributed by atoms with Crippen LogP contribution in [0.15, 0.2) is 48.5 Å². The van der Waals surface area contributed by atoms with Gasteiger partial charge in [0.1, 0.15) is 11.5 Å². The lowest BCUT2D eigenvalue weighted by atomic mass is 10.1. The zero-order chi connectivity index (χ0) is 18.4. The quantitative estimate of drug-likeness (QED) is 0.834. The molecule has 0 aromatic heterocycles. The minimum atomic E-state index is -0.169. The number of hydrogen-bond donors (Lipinski definition) is 2. The second-order valence-electron chi connectivity index (χ2n) is 6.37. The number of ether oxygens (including phenoxy) is 2. The van der Waals surface area contributed by atoms with Crippen LogP contribution in [0.25, 0.3) is 0 Å². The van der Waals surface area contributed by atoms with Crippen molar-refractivity contribution in [1.29, 1.82) is 0 Å². The van der Waals surface area contributed by atoms with Gasteiger partial charge in [-0.2, -0.15) is 0 Å². The molecule has 1 aliphatic rings. The van der Waals surface area contributed by atoms with E-state index in [1.165, 1.54) is 0 Å². The number of benzene rings is 2. The Hall–Kier alpha value is -2.89. The number of hydrogen-bond acceptors (Lipinski definition) is 4. The summed E-state index contributed by atoms with van der Waals surface area (Å²) >= 11 is 0. The third-order valence-electron chi connectivity index (χ3n) is 4.57. The van der Waals surface area contributed by atoms with Crippen molar-refractivity contribution in [3.05, 3.63) is 48.5 Å². The topological polar surface area (TPSA) is 62.8 Å². The Kier molecular flexibility index (Phi) is 5.84. The number of anilines is 2. The molecule has 26 heavy (non-hydrogen) atoms. The first kappa shape index (κ1) is 17.9. The Morgan fingerprint density at radius 2 is 1.81 bits per heavy atom. The second kappa shape index (κ2) is 8.47. The normalized spacial score (nSPS) is 16.2. The molecule has 0 saturated carbocycles. The molecule has 1 saturated heterocycles. The number of urea groups is 1. The summed E-state index contributed by atoms with van der Waals surface area (Å²) in [6, 6.07) is 15.2. The highest BCUT2D eigenvalue weighted by Crippen LogP contribution is 2.31. The fourth-order valence-corrected chi connectivity index (χ4v) is 3.14. The van der Waals surface area contributed by atoms with Crippen LogP contribution in [0.4, 0.5) is 16.2 Å². The number of methoxy groups -OCH3 is 2. The summed E-state index contributed by atoms with van der Waals surface area (Å²) in [5.74, 6) is 1.97. The highest BCUT2D eigenvalue weighted by Gasteiger charge is 2.24. The molecular formula is C20H25N3O3. The molecule has 2 N–H and O–H groups in total. The molecule has 0 unspecified atom stereocenters. The lowest BCUT2D eigenvalue weighted by Crippen LogP contribution is -2.34. The summed E-state index contributed by atoms with van der Waals surface area (Å²) in [5.41, 5.74) is 1.87. The van der Waals surface area contributed by atoms with Gasteiger partial charge in [0.15, 0.2) is 0 Å². The molecule has 2 amide bonds. The first-order valence-electron chi connectivity index (χ1n) is 8.76. The molecule has 1 aliphatic heterocycles. The number of amides is 2. The SMILES string of the molecule is COc1cc(OC)cc(N2CC[C@H](CNC(=O)Nc3ccccc3)C2)c1. The van der Waals surface area contributed by atoms with Gasteiger partial charge in [0.2, 0.25) is 0 Å². The lowest BCUT2D eigenvalue weighted by Gasteiger charge is -2.20. The number of rotatable bonds is 6. The number of para-hydroxylation sites is 1. The molecular weight excluding hydrogens is 330 g/mol. The van der Waals surface area contributed by atoms with Crippen LogP contribution in [0.2, 0.25) is 0 Å². The molecule has 2 aromatic rings. The van der Waals surface area contributed by atoms with Gasteiger partial charge >= 0.3 is 6.03 Å². The summed E-state index contributed by atoms with van der Waals surface area (Å²) < 4.78 is 10.7. The van der Waals surface area contributed by atoms with Gasteiger partial charge in [0.25, 0.3) is 0 Å². The molecule has 6 heteroatoms. The van der Waals surface area contributed by atoms with E-state index in [4.69, 9.17) is 9.47 Å². The fraction of sp³-hybridized carbons (Fsp3) is 0.350. The van der Waals surface area contributed by atoms with Gasteiger partial charge in [0.05, 0.1) is 14.2 Å². The Labute approximate surface area is 154 Å². The van der Waals surface area contributed by atoms with Crippen LogP contribution in [-0.2, 0) is 0 Å². The Balaban J connectivity index is 1.52. The van der Waals surface area contributed by atoms with Crippen LogP contribution in [0, 0.1) is 5.92 Å². The van der Waals surface area contributed by atoms with E-state index in [-0.39, 0.29) is 6.03 Å². The van der Waals surface area contributed by atoms with Crippen molar-refractivity contribution in [3.8, 4) is 11.5 Å². The standard InChI is InChI=1S/C20H25N3O3/c1-25-18-10-17(11-19(12-18)26-2)23-9-8-15(14-23)13-21-20(24)22-16-6-4-3-5-7-16/h3-7,10-12,15H,8-9,13-14H2,1-2H3,(H2,21,22,24)/t15-/m1/s1. The fourth-order valence-electron chi connectivity index (χ4n) is 3.14. The highest BCUT2D eigenvalue weighted by molar-refractivity contribution is 5.89. The minimum Gasteiger partial charge on any atom is -0.497 e. The maximum Gasteiger partial charge on any atom is 0.319 e. The van der Waals surface area contributed by atoms with Gasteiger partial charge < -0.3 is 25.0 Å². The van der Waals surface area contributed by atoms with E-state index in [1.54, 1.807) is 14.2 Å². The molecule has 1 fully saturated rings. The highest BCUT2D eigenvalue weighted by atomic mass is 16.5. The average Bonchev–Trinajstić information content (AvgIpc) is 3.16. The van der Waals surface area contributed by atoms with Crippen molar-refractivity contribution in [2.45, 2.75) is 6.42 Å². The van der Waals surface area contributed by atoms with Crippen molar-refractivity contribution in [2.24, 2.45) is 5.92 Å². The maximum absolute atomic E-state index is 12.0. The van der Waals surface area contributed by atoms with Crippen LogP contribution in [-0.4, -0.2) is 39.9 Å². The number of carbonyl (C=O) groups is 1. The first-order chi connectivity index (χ1) is 12.7. The zero-order valence-electron chi connectivity index (χ0n) is 15.2. The molecule has 1 heterocycles. The number of nitrogens with one attached hydrogen (secondary N) is 2. The largest absolute Gasteiger partial charge is 0.497 e. The van der Waals surface area contributed by atoms with Gasteiger partial charge in [-0.15, -0.1) is 0 Å². The Morgan fingerprint density at radius 3 is 2.46 bits per heavy atom.